The Bertz CT molecular complexity index is 519. The van der Waals surface area contributed by atoms with Crippen LogP contribution in [0.2, 0.25) is 0 Å². The molecular weight excluding hydrogens is 251 g/mol. The second kappa shape index (κ2) is 5.82. The van der Waals surface area contributed by atoms with Crippen LogP contribution in [0.5, 0.6) is 5.88 Å². The topological polar surface area (TPSA) is 35.0 Å². The van der Waals surface area contributed by atoms with Crippen LogP contribution in [0.15, 0.2) is 41.7 Å². The van der Waals surface area contributed by atoms with Crippen molar-refractivity contribution >= 4 is 11.8 Å². The Kier molecular flexibility index (Phi) is 4.15. The van der Waals surface area contributed by atoms with Crippen LogP contribution < -0.4 is 4.74 Å². The van der Waals surface area contributed by atoms with Crippen molar-refractivity contribution < 1.29 is 9.13 Å². The lowest BCUT2D eigenvalue weighted by Gasteiger charge is -2.10. The predicted molar refractivity (Wildman–Crippen MR) is 69.3 cm³/mol. The summed E-state index contributed by atoms with van der Waals surface area (Å²) in [6.07, 6.45) is 1.66. The summed E-state index contributed by atoms with van der Waals surface area (Å²) in [5.41, 5.74) is 1.04. The van der Waals surface area contributed by atoms with Gasteiger partial charge in [0, 0.05) is 17.5 Å². The number of ether oxygens (including phenoxy) is 1. The van der Waals surface area contributed by atoms with E-state index < -0.39 is 0 Å². The van der Waals surface area contributed by atoms with Crippen LogP contribution in [0.25, 0.3) is 0 Å². The normalized spacial score (nSPS) is 12.2. The zero-order valence-corrected chi connectivity index (χ0v) is 10.9. The Morgan fingerprint density at radius 2 is 1.94 bits per heavy atom. The van der Waals surface area contributed by atoms with E-state index in [0.29, 0.717) is 11.0 Å². The van der Waals surface area contributed by atoms with E-state index >= 15 is 0 Å². The number of aromatic nitrogens is 2. The molecular formula is C13H13FN2OS. The van der Waals surface area contributed by atoms with Crippen molar-refractivity contribution in [3.8, 4) is 5.88 Å². The molecule has 1 atom stereocenters. The fraction of sp³-hybridized carbons (Fsp3) is 0.231. The number of halogens is 1. The van der Waals surface area contributed by atoms with E-state index in [1.165, 1.54) is 23.9 Å². The lowest BCUT2D eigenvalue weighted by molar-refractivity contribution is 0.392. The number of thioether (sulfide) groups is 1. The molecule has 2 rings (SSSR count). The van der Waals surface area contributed by atoms with Crippen molar-refractivity contribution in [1.82, 2.24) is 9.97 Å². The highest BCUT2D eigenvalue weighted by molar-refractivity contribution is 7.99. The van der Waals surface area contributed by atoms with Crippen molar-refractivity contribution in [2.24, 2.45) is 0 Å². The summed E-state index contributed by atoms with van der Waals surface area (Å²) in [5, 5.41) is 0.795. The van der Waals surface area contributed by atoms with Gasteiger partial charge in [-0.1, -0.05) is 23.9 Å². The van der Waals surface area contributed by atoms with Crippen molar-refractivity contribution in [3.05, 3.63) is 47.9 Å². The Morgan fingerprint density at radius 1 is 1.22 bits per heavy atom. The summed E-state index contributed by atoms with van der Waals surface area (Å²) in [6, 6.07) is 8.16. The van der Waals surface area contributed by atoms with Crippen molar-refractivity contribution in [2.45, 2.75) is 17.3 Å². The third-order valence-corrected chi connectivity index (χ3v) is 3.47. The molecule has 0 amide bonds. The Labute approximate surface area is 109 Å². The van der Waals surface area contributed by atoms with Crippen LogP contribution in [-0.2, 0) is 0 Å². The van der Waals surface area contributed by atoms with Gasteiger partial charge in [-0.25, -0.2) is 9.37 Å². The average molecular weight is 264 g/mol. The summed E-state index contributed by atoms with van der Waals surface area (Å²) in [4.78, 5) is 8.40. The van der Waals surface area contributed by atoms with Crippen molar-refractivity contribution in [1.29, 1.82) is 0 Å². The van der Waals surface area contributed by atoms with Gasteiger partial charge >= 0.3 is 0 Å². The van der Waals surface area contributed by atoms with Gasteiger partial charge in [0.15, 0.2) is 5.16 Å². The lowest BCUT2D eigenvalue weighted by Crippen LogP contribution is -1.94. The first kappa shape index (κ1) is 12.8. The first-order valence-corrected chi connectivity index (χ1v) is 6.36. The monoisotopic (exact) mass is 264 g/mol. The SMILES string of the molecule is COc1ccnc(SC(C)c2ccc(F)cc2)n1. The molecule has 0 N–H and O–H groups in total. The molecule has 0 saturated carbocycles. The fourth-order valence-corrected chi connectivity index (χ4v) is 2.33. The molecule has 0 aliphatic rings. The van der Waals surface area contributed by atoms with Gasteiger partial charge in [0.1, 0.15) is 5.82 Å². The van der Waals surface area contributed by atoms with E-state index in [1.54, 1.807) is 31.5 Å². The molecule has 0 saturated heterocycles. The molecule has 1 aromatic carbocycles. The summed E-state index contributed by atoms with van der Waals surface area (Å²) in [7, 11) is 1.57. The zero-order chi connectivity index (χ0) is 13.0. The van der Waals surface area contributed by atoms with Crippen LogP contribution in [0.1, 0.15) is 17.7 Å². The maximum absolute atomic E-state index is 12.8. The van der Waals surface area contributed by atoms with Crippen LogP contribution in [0.3, 0.4) is 0 Å². The molecule has 5 heteroatoms. The summed E-state index contributed by atoms with van der Waals surface area (Å²) < 4.78 is 17.9. The third kappa shape index (κ3) is 3.20. The molecule has 0 fully saturated rings. The predicted octanol–water partition coefficient (Wildman–Crippen LogP) is 3.48. The number of rotatable bonds is 4. The largest absolute Gasteiger partial charge is 0.481 e. The zero-order valence-electron chi connectivity index (χ0n) is 10.1. The van der Waals surface area contributed by atoms with E-state index in [4.69, 9.17) is 4.74 Å². The molecule has 1 unspecified atom stereocenters. The van der Waals surface area contributed by atoms with Crippen molar-refractivity contribution in [2.75, 3.05) is 7.11 Å². The molecule has 0 radical (unpaired) electrons. The second-order valence-electron chi connectivity index (χ2n) is 3.69. The van der Waals surface area contributed by atoms with E-state index in [9.17, 15) is 4.39 Å². The summed E-state index contributed by atoms with van der Waals surface area (Å²) >= 11 is 1.51. The highest BCUT2D eigenvalue weighted by Gasteiger charge is 2.10. The molecule has 2 aromatic rings. The molecule has 0 bridgehead atoms. The molecule has 1 aromatic heterocycles. The van der Waals surface area contributed by atoms with E-state index in [0.717, 1.165) is 5.56 Å². The quantitative estimate of drug-likeness (QED) is 0.625. The van der Waals surface area contributed by atoms with Crippen molar-refractivity contribution in [3.63, 3.8) is 0 Å². The number of hydrogen-bond donors (Lipinski definition) is 0. The molecule has 0 spiro atoms. The van der Waals surface area contributed by atoms with Crippen LogP contribution >= 0.6 is 11.8 Å². The van der Waals surface area contributed by atoms with E-state index in [-0.39, 0.29) is 11.1 Å². The number of nitrogens with zero attached hydrogens (tertiary/aromatic N) is 2. The second-order valence-corrected chi connectivity index (χ2v) is 5.00. The molecule has 0 aliphatic heterocycles. The molecule has 1 heterocycles. The van der Waals surface area contributed by atoms with Gasteiger partial charge in [-0.3, -0.25) is 0 Å². The van der Waals surface area contributed by atoms with E-state index in [1.807, 2.05) is 6.92 Å². The maximum atomic E-state index is 12.8. The van der Waals surface area contributed by atoms with Gasteiger partial charge in [0.05, 0.1) is 7.11 Å². The highest BCUT2D eigenvalue weighted by Crippen LogP contribution is 2.32. The molecule has 94 valence electrons. The average Bonchev–Trinajstić information content (AvgIpc) is 2.39. The van der Waals surface area contributed by atoms with Gasteiger partial charge in [0.25, 0.3) is 0 Å². The summed E-state index contributed by atoms with van der Waals surface area (Å²) in [5.74, 6) is 0.312. The van der Waals surface area contributed by atoms with Gasteiger partial charge in [-0.05, 0) is 24.6 Å². The van der Waals surface area contributed by atoms with Gasteiger partial charge < -0.3 is 4.74 Å². The minimum absolute atomic E-state index is 0.151. The van der Waals surface area contributed by atoms with Crippen LogP contribution in [0, 0.1) is 5.82 Å². The molecule has 0 aliphatic carbocycles. The molecule has 18 heavy (non-hydrogen) atoms. The van der Waals surface area contributed by atoms with Gasteiger partial charge in [-0.15, -0.1) is 0 Å². The minimum Gasteiger partial charge on any atom is -0.481 e. The van der Waals surface area contributed by atoms with Crippen LogP contribution in [-0.4, -0.2) is 17.1 Å². The maximum Gasteiger partial charge on any atom is 0.216 e. The lowest BCUT2D eigenvalue weighted by atomic mass is 10.2. The first-order valence-electron chi connectivity index (χ1n) is 5.48. The molecule has 3 nitrogen and oxygen atoms in total. The first-order chi connectivity index (χ1) is 8.69. The standard InChI is InChI=1S/C13H13FN2OS/c1-9(10-3-5-11(14)6-4-10)18-13-15-8-7-12(16-13)17-2/h3-9H,1-2H3. The third-order valence-electron chi connectivity index (χ3n) is 2.44. The van der Waals surface area contributed by atoms with Crippen LogP contribution in [0.4, 0.5) is 4.39 Å². The van der Waals surface area contributed by atoms with Gasteiger partial charge in [0.2, 0.25) is 5.88 Å². The van der Waals surface area contributed by atoms with E-state index in [2.05, 4.69) is 9.97 Å². The van der Waals surface area contributed by atoms with Gasteiger partial charge in [-0.2, -0.15) is 4.98 Å². The number of methoxy groups -OCH3 is 1. The highest BCUT2D eigenvalue weighted by atomic mass is 32.2. The Hall–Kier alpha value is -1.62. The Morgan fingerprint density at radius 3 is 2.61 bits per heavy atom. The summed E-state index contributed by atoms with van der Waals surface area (Å²) in [6.45, 7) is 2.03. The number of hydrogen-bond acceptors (Lipinski definition) is 4. The fourth-order valence-electron chi connectivity index (χ4n) is 1.46. The minimum atomic E-state index is -0.228. The number of benzene rings is 1. The smallest absolute Gasteiger partial charge is 0.216 e. The Balaban J connectivity index is 2.10.